The Balaban J connectivity index is 2.47. The third-order valence-corrected chi connectivity index (χ3v) is 3.42. The van der Waals surface area contributed by atoms with Crippen molar-refractivity contribution in [2.75, 3.05) is 13.2 Å². The van der Waals surface area contributed by atoms with Crippen LogP contribution in [0.4, 0.5) is 0 Å². The smallest absolute Gasteiger partial charge is 0.306 e. The van der Waals surface area contributed by atoms with E-state index in [1.54, 1.807) is 0 Å². The second kappa shape index (κ2) is 8.33. The zero-order valence-corrected chi connectivity index (χ0v) is 14.9. The van der Waals surface area contributed by atoms with Gasteiger partial charge in [0.1, 0.15) is 6.61 Å². The molecule has 3 heteroatoms. The van der Waals surface area contributed by atoms with Crippen LogP contribution in [0.15, 0.2) is 18.2 Å². The van der Waals surface area contributed by atoms with E-state index in [1.165, 1.54) is 16.7 Å². The monoisotopic (exact) mass is 306 g/mol. The van der Waals surface area contributed by atoms with Crippen LogP contribution in [-0.2, 0) is 26.1 Å². The van der Waals surface area contributed by atoms with Crippen molar-refractivity contribution in [2.45, 2.75) is 65.9 Å². The minimum atomic E-state index is -0.161. The zero-order valence-electron chi connectivity index (χ0n) is 14.9. The highest BCUT2D eigenvalue weighted by Gasteiger charge is 2.15. The minimum Gasteiger partial charge on any atom is -0.463 e. The molecule has 0 amide bonds. The van der Waals surface area contributed by atoms with Gasteiger partial charge in [-0.2, -0.15) is 0 Å². The Morgan fingerprint density at radius 2 is 1.82 bits per heavy atom. The predicted octanol–water partition coefficient (Wildman–Crippen LogP) is 4.19. The Kier molecular flexibility index (Phi) is 7.08. The van der Waals surface area contributed by atoms with Crippen LogP contribution in [0.2, 0.25) is 0 Å². The lowest BCUT2D eigenvalue weighted by atomic mass is 9.84. The van der Waals surface area contributed by atoms with E-state index in [2.05, 4.69) is 45.9 Å². The van der Waals surface area contributed by atoms with Gasteiger partial charge in [0, 0.05) is 6.42 Å². The van der Waals surface area contributed by atoms with Crippen molar-refractivity contribution < 1.29 is 14.3 Å². The quantitative estimate of drug-likeness (QED) is 0.559. The lowest BCUT2D eigenvalue weighted by molar-refractivity contribution is -0.145. The fraction of sp³-hybridized carbons (Fsp3) is 0.632. The number of rotatable bonds is 7. The molecule has 0 aromatic heterocycles. The summed E-state index contributed by atoms with van der Waals surface area (Å²) in [6.45, 7) is 13.4. The summed E-state index contributed by atoms with van der Waals surface area (Å²) in [6.07, 6.45) is 1.30. The summed E-state index contributed by atoms with van der Waals surface area (Å²) in [5.74, 6) is -0.161. The van der Waals surface area contributed by atoms with Gasteiger partial charge < -0.3 is 9.47 Å². The van der Waals surface area contributed by atoms with E-state index < -0.39 is 0 Å². The summed E-state index contributed by atoms with van der Waals surface area (Å²) in [5.41, 5.74) is 3.86. The molecule has 0 bridgehead atoms. The molecule has 0 aliphatic rings. The highest BCUT2D eigenvalue weighted by molar-refractivity contribution is 5.69. The first-order chi connectivity index (χ1) is 10.2. The van der Waals surface area contributed by atoms with E-state index in [9.17, 15) is 4.79 Å². The Labute approximate surface area is 135 Å². The molecule has 1 aromatic rings. The predicted molar refractivity (Wildman–Crippen MR) is 90.2 cm³/mol. The fourth-order valence-electron chi connectivity index (χ4n) is 2.20. The minimum absolute atomic E-state index is 0.120. The summed E-state index contributed by atoms with van der Waals surface area (Å²) in [5, 5.41) is 0. The van der Waals surface area contributed by atoms with Crippen molar-refractivity contribution in [3.63, 3.8) is 0 Å². The largest absolute Gasteiger partial charge is 0.463 e. The van der Waals surface area contributed by atoms with Gasteiger partial charge in [0.2, 0.25) is 0 Å². The number of aryl methyl sites for hydroxylation is 2. The topological polar surface area (TPSA) is 35.5 Å². The standard InChI is InChI=1S/C19H30O3/c1-14(2)21-9-10-22-18(20)8-7-16-11-15(3)12-17(13-16)19(4,5)6/h11-14H,7-10H2,1-6H3. The van der Waals surface area contributed by atoms with Crippen molar-refractivity contribution in [1.82, 2.24) is 0 Å². The summed E-state index contributed by atoms with van der Waals surface area (Å²) >= 11 is 0. The number of hydrogen-bond acceptors (Lipinski definition) is 3. The molecule has 0 aliphatic carbocycles. The van der Waals surface area contributed by atoms with E-state index in [0.29, 0.717) is 26.1 Å². The lowest BCUT2D eigenvalue weighted by Crippen LogP contribution is -2.14. The maximum absolute atomic E-state index is 11.8. The third-order valence-electron chi connectivity index (χ3n) is 3.42. The number of esters is 1. The van der Waals surface area contributed by atoms with E-state index in [1.807, 2.05) is 13.8 Å². The molecule has 0 saturated heterocycles. The fourth-order valence-corrected chi connectivity index (χ4v) is 2.20. The van der Waals surface area contributed by atoms with Crippen molar-refractivity contribution in [1.29, 1.82) is 0 Å². The van der Waals surface area contributed by atoms with Gasteiger partial charge in [0.15, 0.2) is 0 Å². The Morgan fingerprint density at radius 1 is 1.14 bits per heavy atom. The van der Waals surface area contributed by atoms with E-state index in [0.717, 1.165) is 0 Å². The molecule has 0 aliphatic heterocycles. The SMILES string of the molecule is Cc1cc(CCC(=O)OCCOC(C)C)cc(C(C)(C)C)c1. The van der Waals surface area contributed by atoms with Crippen LogP contribution in [0.25, 0.3) is 0 Å². The number of hydrogen-bond donors (Lipinski definition) is 0. The van der Waals surface area contributed by atoms with Crippen LogP contribution in [0.3, 0.4) is 0 Å². The molecule has 0 spiro atoms. The van der Waals surface area contributed by atoms with Crippen LogP contribution in [0.5, 0.6) is 0 Å². The molecule has 1 rings (SSSR count). The maximum Gasteiger partial charge on any atom is 0.306 e. The van der Waals surface area contributed by atoms with Crippen molar-refractivity contribution in [3.8, 4) is 0 Å². The van der Waals surface area contributed by atoms with Gasteiger partial charge in [-0.15, -0.1) is 0 Å². The van der Waals surface area contributed by atoms with Gasteiger partial charge in [0.25, 0.3) is 0 Å². The molecule has 3 nitrogen and oxygen atoms in total. The molecule has 22 heavy (non-hydrogen) atoms. The first-order valence-electron chi connectivity index (χ1n) is 8.07. The Morgan fingerprint density at radius 3 is 2.41 bits per heavy atom. The molecule has 0 saturated carbocycles. The summed E-state index contributed by atoms with van der Waals surface area (Å²) in [7, 11) is 0. The maximum atomic E-state index is 11.8. The van der Waals surface area contributed by atoms with Crippen LogP contribution in [-0.4, -0.2) is 25.3 Å². The van der Waals surface area contributed by atoms with Crippen LogP contribution in [0, 0.1) is 6.92 Å². The summed E-state index contributed by atoms with van der Waals surface area (Å²) in [6, 6.07) is 6.55. The molecular weight excluding hydrogens is 276 g/mol. The second-order valence-electron chi connectivity index (χ2n) is 7.10. The first kappa shape index (κ1) is 18.7. The third kappa shape index (κ3) is 7.08. The van der Waals surface area contributed by atoms with E-state index >= 15 is 0 Å². The zero-order chi connectivity index (χ0) is 16.8. The Hall–Kier alpha value is -1.35. The van der Waals surface area contributed by atoms with Gasteiger partial charge in [-0.1, -0.05) is 44.5 Å². The molecule has 0 unspecified atom stereocenters. The highest BCUT2D eigenvalue weighted by Crippen LogP contribution is 2.25. The van der Waals surface area contributed by atoms with Crippen LogP contribution >= 0.6 is 0 Å². The van der Waals surface area contributed by atoms with Crippen LogP contribution < -0.4 is 0 Å². The molecule has 0 heterocycles. The molecule has 0 atom stereocenters. The van der Waals surface area contributed by atoms with Crippen molar-refractivity contribution >= 4 is 5.97 Å². The molecule has 0 fully saturated rings. The van der Waals surface area contributed by atoms with Crippen LogP contribution in [0.1, 0.15) is 57.7 Å². The molecule has 124 valence electrons. The van der Waals surface area contributed by atoms with Gasteiger partial charge in [-0.3, -0.25) is 4.79 Å². The molecule has 1 aromatic carbocycles. The average molecular weight is 306 g/mol. The van der Waals surface area contributed by atoms with Gasteiger partial charge in [0.05, 0.1) is 12.7 Å². The number of ether oxygens (including phenoxy) is 2. The lowest BCUT2D eigenvalue weighted by Gasteiger charge is -2.20. The summed E-state index contributed by atoms with van der Waals surface area (Å²) < 4.78 is 10.5. The van der Waals surface area contributed by atoms with Gasteiger partial charge in [-0.05, 0) is 43.7 Å². The number of benzene rings is 1. The summed E-state index contributed by atoms with van der Waals surface area (Å²) in [4.78, 5) is 11.8. The second-order valence-corrected chi connectivity index (χ2v) is 7.10. The molecule has 0 N–H and O–H groups in total. The van der Waals surface area contributed by atoms with Crippen molar-refractivity contribution in [3.05, 3.63) is 34.9 Å². The molecule has 0 radical (unpaired) electrons. The first-order valence-corrected chi connectivity index (χ1v) is 8.07. The van der Waals surface area contributed by atoms with Gasteiger partial charge in [-0.25, -0.2) is 0 Å². The van der Waals surface area contributed by atoms with E-state index in [4.69, 9.17) is 9.47 Å². The number of carbonyl (C=O) groups excluding carboxylic acids is 1. The number of carbonyl (C=O) groups is 1. The van der Waals surface area contributed by atoms with E-state index in [-0.39, 0.29) is 17.5 Å². The molecular formula is C19H30O3. The normalized spacial score (nSPS) is 11.8. The highest BCUT2D eigenvalue weighted by atomic mass is 16.6. The average Bonchev–Trinajstić information content (AvgIpc) is 2.39. The van der Waals surface area contributed by atoms with Crippen molar-refractivity contribution in [2.24, 2.45) is 0 Å². The van der Waals surface area contributed by atoms with Gasteiger partial charge >= 0.3 is 5.97 Å². The Bertz CT molecular complexity index is 484.